The molecule has 0 bridgehead atoms. The highest BCUT2D eigenvalue weighted by Crippen LogP contribution is 2.28. The summed E-state index contributed by atoms with van der Waals surface area (Å²) in [4.78, 5) is 8.96. The van der Waals surface area contributed by atoms with Crippen LogP contribution in [0.4, 0.5) is 0 Å². The van der Waals surface area contributed by atoms with E-state index in [2.05, 4.69) is 11.8 Å². The molecule has 0 saturated carbocycles. The summed E-state index contributed by atoms with van der Waals surface area (Å²) in [5.41, 5.74) is 1.42. The number of rotatable bonds is 2. The second-order valence-corrected chi connectivity index (χ2v) is 6.48. The molecular formula is C13H20N2S. The Labute approximate surface area is 102 Å². The highest BCUT2D eigenvalue weighted by molar-refractivity contribution is 7.11. The Morgan fingerprint density at radius 2 is 2.25 bits per heavy atom. The standard InChI is InChI=1S/C13H20N2S/c1-10-6-7-15(8-10)9-13-14-11-4-2-3-5-12(11)16-13/h10H,2-9H2,1H3/t10-/m0/s1. The van der Waals surface area contributed by atoms with E-state index in [9.17, 15) is 0 Å². The van der Waals surface area contributed by atoms with Gasteiger partial charge in [-0.05, 0) is 44.6 Å². The van der Waals surface area contributed by atoms with Gasteiger partial charge < -0.3 is 0 Å². The molecule has 1 aliphatic heterocycles. The summed E-state index contributed by atoms with van der Waals surface area (Å²) in [6.45, 7) is 5.99. The number of thiazole rings is 1. The van der Waals surface area contributed by atoms with Crippen LogP contribution in [0.15, 0.2) is 0 Å². The number of nitrogens with zero attached hydrogens (tertiary/aromatic N) is 2. The molecule has 0 amide bonds. The molecule has 1 atom stereocenters. The van der Waals surface area contributed by atoms with Gasteiger partial charge in [0.1, 0.15) is 5.01 Å². The number of fused-ring (bicyclic) bond motifs is 1. The van der Waals surface area contributed by atoms with Crippen molar-refractivity contribution in [3.05, 3.63) is 15.6 Å². The molecule has 16 heavy (non-hydrogen) atoms. The summed E-state index contributed by atoms with van der Waals surface area (Å²) in [5, 5.41) is 1.36. The Balaban J connectivity index is 1.68. The van der Waals surface area contributed by atoms with Crippen molar-refractivity contribution in [2.24, 2.45) is 5.92 Å². The molecule has 88 valence electrons. The molecule has 1 fully saturated rings. The van der Waals surface area contributed by atoms with Gasteiger partial charge in [0.15, 0.2) is 0 Å². The number of likely N-dealkylation sites (tertiary alicyclic amines) is 1. The Morgan fingerprint density at radius 1 is 1.38 bits per heavy atom. The van der Waals surface area contributed by atoms with Crippen LogP contribution in [0.1, 0.15) is 41.8 Å². The Hall–Kier alpha value is -0.410. The molecule has 1 aromatic heterocycles. The van der Waals surface area contributed by atoms with Gasteiger partial charge in [0.2, 0.25) is 0 Å². The van der Waals surface area contributed by atoms with Gasteiger partial charge in [-0.3, -0.25) is 4.90 Å². The zero-order chi connectivity index (χ0) is 11.0. The molecule has 0 spiro atoms. The summed E-state index contributed by atoms with van der Waals surface area (Å²) < 4.78 is 0. The lowest BCUT2D eigenvalue weighted by atomic mass is 10.0. The van der Waals surface area contributed by atoms with Crippen LogP contribution in [-0.4, -0.2) is 23.0 Å². The van der Waals surface area contributed by atoms with Crippen LogP contribution < -0.4 is 0 Å². The maximum Gasteiger partial charge on any atom is 0.107 e. The van der Waals surface area contributed by atoms with E-state index in [1.54, 1.807) is 4.88 Å². The maximum absolute atomic E-state index is 4.82. The molecule has 0 aromatic carbocycles. The van der Waals surface area contributed by atoms with Gasteiger partial charge in [0.25, 0.3) is 0 Å². The third-order valence-electron chi connectivity index (χ3n) is 3.76. The lowest BCUT2D eigenvalue weighted by Gasteiger charge is -2.12. The van der Waals surface area contributed by atoms with Crippen LogP contribution in [0.25, 0.3) is 0 Å². The first-order valence-electron chi connectivity index (χ1n) is 6.51. The minimum Gasteiger partial charge on any atom is -0.296 e. The summed E-state index contributed by atoms with van der Waals surface area (Å²) in [6.07, 6.45) is 6.59. The SMILES string of the molecule is C[C@H]1CCN(Cc2nc3c(s2)CCCC3)C1. The largest absolute Gasteiger partial charge is 0.296 e. The summed E-state index contributed by atoms with van der Waals surface area (Å²) in [7, 11) is 0. The Kier molecular flexibility index (Phi) is 2.99. The molecule has 3 rings (SSSR count). The van der Waals surface area contributed by atoms with Crippen LogP contribution in [-0.2, 0) is 19.4 Å². The minimum absolute atomic E-state index is 0.884. The predicted molar refractivity (Wildman–Crippen MR) is 67.8 cm³/mol. The highest BCUT2D eigenvalue weighted by atomic mass is 32.1. The number of aromatic nitrogens is 1. The van der Waals surface area contributed by atoms with Gasteiger partial charge in [-0.2, -0.15) is 0 Å². The van der Waals surface area contributed by atoms with Crippen LogP contribution in [0, 0.1) is 5.92 Å². The van der Waals surface area contributed by atoms with Crippen LogP contribution in [0.3, 0.4) is 0 Å². The molecule has 2 nitrogen and oxygen atoms in total. The van der Waals surface area contributed by atoms with Crippen molar-refractivity contribution in [1.82, 2.24) is 9.88 Å². The van der Waals surface area contributed by atoms with Gasteiger partial charge in [0.05, 0.1) is 12.2 Å². The first-order valence-corrected chi connectivity index (χ1v) is 7.33. The molecular weight excluding hydrogens is 216 g/mol. The van der Waals surface area contributed by atoms with Crippen molar-refractivity contribution in [3.63, 3.8) is 0 Å². The predicted octanol–water partition coefficient (Wildman–Crippen LogP) is 2.86. The van der Waals surface area contributed by atoms with Crippen molar-refractivity contribution >= 4 is 11.3 Å². The van der Waals surface area contributed by atoms with E-state index in [4.69, 9.17) is 4.98 Å². The fourth-order valence-corrected chi connectivity index (χ4v) is 4.03. The van der Waals surface area contributed by atoms with Crippen LogP contribution in [0.2, 0.25) is 0 Å². The van der Waals surface area contributed by atoms with E-state index >= 15 is 0 Å². The van der Waals surface area contributed by atoms with E-state index in [0.29, 0.717) is 0 Å². The Bertz CT molecular complexity index is 349. The van der Waals surface area contributed by atoms with Gasteiger partial charge in [-0.1, -0.05) is 6.92 Å². The van der Waals surface area contributed by atoms with E-state index in [0.717, 1.165) is 12.5 Å². The summed E-state index contributed by atoms with van der Waals surface area (Å²) in [6, 6.07) is 0. The first-order chi connectivity index (χ1) is 7.81. The molecule has 2 heterocycles. The van der Waals surface area contributed by atoms with Crippen molar-refractivity contribution in [2.45, 2.75) is 45.6 Å². The first kappa shape index (κ1) is 10.7. The molecule has 0 unspecified atom stereocenters. The molecule has 1 saturated heterocycles. The fraction of sp³-hybridized carbons (Fsp3) is 0.769. The molecule has 1 aliphatic carbocycles. The monoisotopic (exact) mass is 236 g/mol. The third-order valence-corrected chi connectivity index (χ3v) is 4.90. The average molecular weight is 236 g/mol. The number of aryl methyl sites for hydroxylation is 2. The van der Waals surface area contributed by atoms with Gasteiger partial charge >= 0.3 is 0 Å². The Morgan fingerprint density at radius 3 is 3.00 bits per heavy atom. The molecule has 1 aromatic rings. The molecule has 3 heteroatoms. The summed E-state index contributed by atoms with van der Waals surface area (Å²) >= 11 is 1.97. The number of hydrogen-bond donors (Lipinski definition) is 0. The van der Waals surface area contributed by atoms with Crippen molar-refractivity contribution in [1.29, 1.82) is 0 Å². The van der Waals surface area contributed by atoms with E-state index < -0.39 is 0 Å². The number of hydrogen-bond acceptors (Lipinski definition) is 3. The minimum atomic E-state index is 0.884. The normalized spacial score (nSPS) is 25.9. The van der Waals surface area contributed by atoms with Crippen LogP contribution in [0.5, 0.6) is 0 Å². The fourth-order valence-electron chi connectivity index (χ4n) is 2.83. The van der Waals surface area contributed by atoms with E-state index in [1.165, 1.54) is 55.9 Å². The van der Waals surface area contributed by atoms with E-state index in [-0.39, 0.29) is 0 Å². The third kappa shape index (κ3) is 2.16. The zero-order valence-electron chi connectivity index (χ0n) is 10.0. The maximum atomic E-state index is 4.82. The average Bonchev–Trinajstić information content (AvgIpc) is 2.84. The second-order valence-electron chi connectivity index (χ2n) is 5.31. The van der Waals surface area contributed by atoms with Gasteiger partial charge in [-0.15, -0.1) is 11.3 Å². The highest BCUT2D eigenvalue weighted by Gasteiger charge is 2.21. The lowest BCUT2D eigenvalue weighted by Crippen LogP contribution is -2.19. The summed E-state index contributed by atoms with van der Waals surface area (Å²) in [5.74, 6) is 0.884. The van der Waals surface area contributed by atoms with Crippen molar-refractivity contribution in [2.75, 3.05) is 13.1 Å². The topological polar surface area (TPSA) is 16.1 Å². The molecule has 0 N–H and O–H groups in total. The van der Waals surface area contributed by atoms with Crippen molar-refractivity contribution < 1.29 is 0 Å². The van der Waals surface area contributed by atoms with E-state index in [1.807, 2.05) is 11.3 Å². The van der Waals surface area contributed by atoms with Crippen molar-refractivity contribution in [3.8, 4) is 0 Å². The quantitative estimate of drug-likeness (QED) is 0.785. The second kappa shape index (κ2) is 4.46. The van der Waals surface area contributed by atoms with Gasteiger partial charge in [-0.25, -0.2) is 4.98 Å². The smallest absolute Gasteiger partial charge is 0.107 e. The molecule has 0 radical (unpaired) electrons. The molecule has 2 aliphatic rings. The van der Waals surface area contributed by atoms with Gasteiger partial charge in [0, 0.05) is 11.4 Å². The zero-order valence-corrected chi connectivity index (χ0v) is 10.9. The van der Waals surface area contributed by atoms with Crippen LogP contribution >= 0.6 is 11.3 Å². The lowest BCUT2D eigenvalue weighted by molar-refractivity contribution is 0.319.